The highest BCUT2D eigenvalue weighted by Gasteiger charge is 2.30. The van der Waals surface area contributed by atoms with E-state index < -0.39 is 40.6 Å². The standard InChI is InChI=1S/C21H24ClN5O6S/c22-15-3-1-2-4-18(15)34(31,32)27-17(21(29)30)11-25-19(28)10-14-9-16(26-33-14)12-5-7-13(8-6-12)20(23)24/h1-8,14,16-17,26-27H,9-11H2,(H3,23,24)(H,25,28)(H,29,30)/t14-,16+,17+/m1/s1. The summed E-state index contributed by atoms with van der Waals surface area (Å²) in [5.41, 5.74) is 9.79. The van der Waals surface area contributed by atoms with E-state index in [1.165, 1.54) is 18.2 Å². The second kappa shape index (κ2) is 10.9. The zero-order valence-electron chi connectivity index (χ0n) is 17.8. The van der Waals surface area contributed by atoms with Gasteiger partial charge in [0, 0.05) is 12.1 Å². The van der Waals surface area contributed by atoms with Crippen LogP contribution in [0, 0.1) is 5.41 Å². The van der Waals surface area contributed by atoms with Crippen LogP contribution < -0.4 is 21.3 Å². The lowest BCUT2D eigenvalue weighted by molar-refractivity contribution is -0.139. The molecule has 182 valence electrons. The van der Waals surface area contributed by atoms with E-state index in [2.05, 4.69) is 10.8 Å². The van der Waals surface area contributed by atoms with Crippen molar-refractivity contribution < 1.29 is 28.0 Å². The second-order valence-corrected chi connectivity index (χ2v) is 9.72. The number of hydrogen-bond acceptors (Lipinski definition) is 7. The van der Waals surface area contributed by atoms with Crippen molar-refractivity contribution in [1.82, 2.24) is 15.5 Å². The van der Waals surface area contributed by atoms with E-state index in [0.717, 1.165) is 5.56 Å². The molecular weight excluding hydrogens is 486 g/mol. The molecule has 34 heavy (non-hydrogen) atoms. The highest BCUT2D eigenvalue weighted by molar-refractivity contribution is 7.89. The third-order valence-corrected chi connectivity index (χ3v) is 7.11. The number of nitrogens with two attached hydrogens (primary N) is 1. The fourth-order valence-electron chi connectivity index (χ4n) is 3.35. The number of benzene rings is 2. The normalized spacial score (nSPS) is 18.9. The van der Waals surface area contributed by atoms with Crippen LogP contribution >= 0.6 is 11.6 Å². The van der Waals surface area contributed by atoms with Gasteiger partial charge in [0.15, 0.2) is 0 Å². The SMILES string of the molecule is N=C(N)c1ccc([C@@H]2C[C@H](CC(=O)NC[C@H](NS(=O)(=O)c3ccccc3Cl)C(=O)O)ON2)cc1. The summed E-state index contributed by atoms with van der Waals surface area (Å²) in [6.07, 6.45) is -0.0481. The van der Waals surface area contributed by atoms with E-state index in [-0.39, 0.29) is 28.2 Å². The Morgan fingerprint density at radius 1 is 1.24 bits per heavy atom. The summed E-state index contributed by atoms with van der Waals surface area (Å²) in [5, 5.41) is 19.2. The molecule has 0 bridgehead atoms. The number of halogens is 1. The Kier molecular flexibility index (Phi) is 8.23. The molecule has 1 heterocycles. The molecule has 0 radical (unpaired) electrons. The van der Waals surface area contributed by atoms with Crippen molar-refractivity contribution >= 4 is 39.3 Å². The zero-order chi connectivity index (χ0) is 24.9. The van der Waals surface area contributed by atoms with Gasteiger partial charge in [0.05, 0.1) is 23.6 Å². The molecule has 0 aromatic heterocycles. The zero-order valence-corrected chi connectivity index (χ0v) is 19.4. The summed E-state index contributed by atoms with van der Waals surface area (Å²) in [6, 6.07) is 10.9. The maximum atomic E-state index is 12.5. The number of sulfonamides is 1. The van der Waals surface area contributed by atoms with Gasteiger partial charge in [-0.05, 0) is 24.1 Å². The van der Waals surface area contributed by atoms with E-state index >= 15 is 0 Å². The first kappa shape index (κ1) is 25.6. The third kappa shape index (κ3) is 6.52. The van der Waals surface area contributed by atoms with E-state index in [1.54, 1.807) is 18.2 Å². The fraction of sp³-hybridized carbons (Fsp3) is 0.286. The van der Waals surface area contributed by atoms with Crippen LogP contribution in [0.25, 0.3) is 0 Å². The maximum Gasteiger partial charge on any atom is 0.323 e. The number of hydroxylamine groups is 1. The molecule has 13 heteroatoms. The van der Waals surface area contributed by atoms with Gasteiger partial charge in [0.1, 0.15) is 16.8 Å². The molecule has 3 rings (SSSR count). The molecule has 0 aliphatic carbocycles. The van der Waals surface area contributed by atoms with E-state index in [1.807, 2.05) is 16.9 Å². The number of hydrogen-bond donors (Lipinski definition) is 6. The van der Waals surface area contributed by atoms with Gasteiger partial charge in [-0.1, -0.05) is 48.0 Å². The number of amides is 1. The van der Waals surface area contributed by atoms with Crippen molar-refractivity contribution in [2.24, 2.45) is 5.73 Å². The number of amidine groups is 1. The molecular formula is C21H24ClN5O6S. The molecule has 1 saturated heterocycles. The lowest BCUT2D eigenvalue weighted by atomic mass is 9.99. The van der Waals surface area contributed by atoms with Crippen molar-refractivity contribution in [3.63, 3.8) is 0 Å². The number of carboxylic acid groups (broad SMARTS) is 1. The van der Waals surface area contributed by atoms with Crippen LogP contribution in [-0.2, 0) is 24.4 Å². The highest BCUT2D eigenvalue weighted by Crippen LogP contribution is 2.27. The maximum absolute atomic E-state index is 12.5. The molecule has 0 saturated carbocycles. The van der Waals surface area contributed by atoms with Gasteiger partial charge in [-0.3, -0.25) is 19.8 Å². The average molecular weight is 510 g/mol. The summed E-state index contributed by atoms with van der Waals surface area (Å²) in [6.45, 7) is -0.464. The van der Waals surface area contributed by atoms with Gasteiger partial charge in [-0.2, -0.15) is 10.2 Å². The third-order valence-electron chi connectivity index (χ3n) is 5.14. The molecule has 7 N–H and O–H groups in total. The van der Waals surface area contributed by atoms with Crippen molar-refractivity contribution in [1.29, 1.82) is 5.41 Å². The summed E-state index contributed by atoms with van der Waals surface area (Å²) >= 11 is 5.90. The van der Waals surface area contributed by atoms with Crippen LogP contribution in [0.3, 0.4) is 0 Å². The van der Waals surface area contributed by atoms with Crippen LogP contribution in [0.15, 0.2) is 53.4 Å². The minimum Gasteiger partial charge on any atom is -0.480 e. The Morgan fingerprint density at radius 2 is 1.91 bits per heavy atom. The quantitative estimate of drug-likeness (QED) is 0.201. The number of carboxylic acids is 1. The Morgan fingerprint density at radius 3 is 2.53 bits per heavy atom. The van der Waals surface area contributed by atoms with Gasteiger partial charge in [0.25, 0.3) is 0 Å². The van der Waals surface area contributed by atoms with Crippen molar-refractivity contribution in [2.75, 3.05) is 6.54 Å². The predicted molar refractivity (Wildman–Crippen MR) is 124 cm³/mol. The fourth-order valence-corrected chi connectivity index (χ4v) is 5.06. The van der Waals surface area contributed by atoms with Gasteiger partial charge in [-0.15, -0.1) is 0 Å². The Hall–Kier alpha value is -3.03. The monoisotopic (exact) mass is 509 g/mol. The first-order chi connectivity index (χ1) is 16.1. The Balaban J connectivity index is 1.52. The van der Waals surface area contributed by atoms with Crippen LogP contribution in [0.1, 0.15) is 30.0 Å². The number of carbonyl (C=O) groups is 2. The van der Waals surface area contributed by atoms with Crippen molar-refractivity contribution in [3.8, 4) is 0 Å². The predicted octanol–water partition coefficient (Wildman–Crippen LogP) is 0.897. The minimum atomic E-state index is -4.22. The first-order valence-corrected chi connectivity index (χ1v) is 12.0. The van der Waals surface area contributed by atoms with E-state index in [0.29, 0.717) is 12.0 Å². The largest absolute Gasteiger partial charge is 0.480 e. The van der Waals surface area contributed by atoms with Gasteiger partial charge >= 0.3 is 5.97 Å². The smallest absolute Gasteiger partial charge is 0.323 e. The molecule has 0 unspecified atom stereocenters. The topological polar surface area (TPSA) is 184 Å². The van der Waals surface area contributed by atoms with Crippen molar-refractivity contribution in [2.45, 2.75) is 35.9 Å². The lowest BCUT2D eigenvalue weighted by Crippen LogP contribution is -2.48. The second-order valence-electron chi connectivity index (χ2n) is 7.63. The van der Waals surface area contributed by atoms with Crippen LogP contribution in [0.2, 0.25) is 5.02 Å². The number of rotatable bonds is 10. The summed E-state index contributed by atoms with van der Waals surface area (Å²) < 4.78 is 27.0. The van der Waals surface area contributed by atoms with Gasteiger partial charge in [-0.25, -0.2) is 8.42 Å². The van der Waals surface area contributed by atoms with Crippen molar-refractivity contribution in [3.05, 3.63) is 64.7 Å². The Bertz CT molecular complexity index is 1170. The number of nitrogen functional groups attached to an aromatic ring is 1. The molecule has 1 aliphatic rings. The van der Waals surface area contributed by atoms with Crippen LogP contribution in [0.4, 0.5) is 0 Å². The molecule has 1 aliphatic heterocycles. The number of aliphatic carboxylic acids is 1. The summed E-state index contributed by atoms with van der Waals surface area (Å²) in [5.74, 6) is -1.99. The van der Waals surface area contributed by atoms with Crippen LogP contribution in [-0.4, -0.2) is 49.9 Å². The lowest BCUT2D eigenvalue weighted by Gasteiger charge is -2.16. The average Bonchev–Trinajstić information content (AvgIpc) is 3.25. The molecule has 2 aromatic rings. The van der Waals surface area contributed by atoms with Gasteiger partial charge < -0.3 is 16.2 Å². The van der Waals surface area contributed by atoms with Gasteiger partial charge in [0.2, 0.25) is 15.9 Å². The molecule has 3 atom stereocenters. The highest BCUT2D eigenvalue weighted by atomic mass is 35.5. The Labute approximate surface area is 201 Å². The molecule has 0 spiro atoms. The minimum absolute atomic E-state index is 0.0365. The molecule has 1 fully saturated rings. The first-order valence-electron chi connectivity index (χ1n) is 10.2. The van der Waals surface area contributed by atoms with Crippen LogP contribution in [0.5, 0.6) is 0 Å². The molecule has 1 amide bonds. The van der Waals surface area contributed by atoms with E-state index in [9.17, 15) is 23.1 Å². The molecule has 2 aromatic carbocycles. The summed E-state index contributed by atoms with van der Waals surface area (Å²) in [7, 11) is -4.22. The molecule has 11 nitrogen and oxygen atoms in total. The number of carbonyl (C=O) groups excluding carboxylic acids is 1. The number of nitrogens with one attached hydrogen (secondary N) is 4. The summed E-state index contributed by atoms with van der Waals surface area (Å²) in [4.78, 5) is 29.1. The van der Waals surface area contributed by atoms with E-state index in [4.69, 9.17) is 27.6 Å².